The predicted molar refractivity (Wildman–Crippen MR) is 45.5 cm³/mol. The van der Waals surface area contributed by atoms with Crippen LogP contribution in [0.3, 0.4) is 0 Å². The van der Waals surface area contributed by atoms with Crippen molar-refractivity contribution in [2.45, 2.75) is 12.5 Å². The number of nitrogens with one attached hydrogen (secondary N) is 1. The number of aliphatic carboxylic acids is 2. The smallest absolute Gasteiger partial charge is 0.321 e. The van der Waals surface area contributed by atoms with Gasteiger partial charge in [-0.3, -0.25) is 9.59 Å². The summed E-state index contributed by atoms with van der Waals surface area (Å²) in [6.07, 6.45) is -0.0858. The van der Waals surface area contributed by atoms with E-state index in [1.54, 1.807) is 0 Å². The molecule has 0 heterocycles. The van der Waals surface area contributed by atoms with Gasteiger partial charge >= 0.3 is 11.9 Å². The third kappa shape index (κ3) is 4.97. The second-order valence-electron chi connectivity index (χ2n) is 2.17. The number of hydrogen-bond donors (Lipinski definition) is 4. The molecule has 0 spiro atoms. The number of carboxylic acids is 2. The molecule has 0 aliphatic carbocycles. The van der Waals surface area contributed by atoms with Crippen LogP contribution in [-0.4, -0.2) is 40.5 Å². The first kappa shape index (κ1) is 11.2. The molecule has 0 fully saturated rings. The molecule has 1 atom stereocenters. The average molecular weight is 193 g/mol. The minimum Gasteiger partial charge on any atom is -0.481 e. The maximum absolute atomic E-state index is 10.3. The molecule has 0 aromatic rings. The number of thiol groups is 1. The van der Waals surface area contributed by atoms with E-state index in [1.165, 1.54) is 0 Å². The molecular weight excluding hydrogens is 182 g/mol. The third-order valence-electron chi connectivity index (χ3n) is 1.21. The van der Waals surface area contributed by atoms with E-state index in [4.69, 9.17) is 10.2 Å². The maximum atomic E-state index is 10.3. The fourth-order valence-corrected chi connectivity index (χ4v) is 0.869. The maximum Gasteiger partial charge on any atom is 0.321 e. The molecule has 0 aliphatic rings. The molecule has 6 heteroatoms. The highest BCUT2D eigenvalue weighted by molar-refractivity contribution is 7.80. The number of carboxylic acid groups (broad SMARTS) is 2. The van der Waals surface area contributed by atoms with Gasteiger partial charge in [-0.15, -0.1) is 0 Å². The van der Waals surface area contributed by atoms with Crippen LogP contribution in [0, 0.1) is 0 Å². The first-order valence-electron chi connectivity index (χ1n) is 3.36. The van der Waals surface area contributed by atoms with Crippen molar-refractivity contribution in [3.05, 3.63) is 0 Å². The van der Waals surface area contributed by atoms with Crippen molar-refractivity contribution in [1.29, 1.82) is 0 Å². The number of rotatable bonds is 6. The number of carbonyl (C=O) groups is 2. The first-order chi connectivity index (χ1) is 5.57. The summed E-state index contributed by atoms with van der Waals surface area (Å²) in [6.45, 7) is 0.146. The molecule has 0 aromatic heterocycles. The van der Waals surface area contributed by atoms with Gasteiger partial charge in [-0.1, -0.05) is 0 Å². The summed E-state index contributed by atoms with van der Waals surface area (Å²) < 4.78 is 0. The van der Waals surface area contributed by atoms with Crippen LogP contribution < -0.4 is 5.32 Å². The van der Waals surface area contributed by atoms with Crippen molar-refractivity contribution < 1.29 is 19.8 Å². The van der Waals surface area contributed by atoms with Crippen molar-refractivity contribution in [2.75, 3.05) is 12.3 Å². The normalized spacial score (nSPS) is 12.4. The first-order valence-corrected chi connectivity index (χ1v) is 4.00. The van der Waals surface area contributed by atoms with Crippen LogP contribution in [0.15, 0.2) is 0 Å². The average Bonchev–Trinajstić information content (AvgIpc) is 1.96. The van der Waals surface area contributed by atoms with Crippen LogP contribution in [-0.2, 0) is 9.59 Å². The Morgan fingerprint density at radius 1 is 1.42 bits per heavy atom. The fourth-order valence-electron chi connectivity index (χ4n) is 0.583. The highest BCUT2D eigenvalue weighted by atomic mass is 32.1. The molecule has 0 aromatic carbocycles. The molecular formula is C6H11NO4S. The summed E-state index contributed by atoms with van der Waals surface area (Å²) in [5.41, 5.74) is 0. The van der Waals surface area contributed by atoms with Gasteiger partial charge in [-0.05, 0) is 0 Å². The fraction of sp³-hybridized carbons (Fsp3) is 0.667. The van der Waals surface area contributed by atoms with Crippen molar-refractivity contribution in [2.24, 2.45) is 0 Å². The lowest BCUT2D eigenvalue weighted by Crippen LogP contribution is -2.39. The predicted octanol–water partition coefficient (Wildman–Crippen LogP) is -0.566. The van der Waals surface area contributed by atoms with Gasteiger partial charge in [0, 0.05) is 12.3 Å². The monoisotopic (exact) mass is 193 g/mol. The summed E-state index contributed by atoms with van der Waals surface area (Å²) in [5.74, 6) is -1.82. The van der Waals surface area contributed by atoms with E-state index in [-0.39, 0.29) is 18.7 Å². The Labute approximate surface area is 75.2 Å². The van der Waals surface area contributed by atoms with E-state index in [1.807, 2.05) is 0 Å². The molecule has 0 rings (SSSR count). The summed E-state index contributed by atoms with van der Waals surface area (Å²) in [4.78, 5) is 20.4. The molecule has 0 saturated carbocycles. The molecule has 3 N–H and O–H groups in total. The molecule has 0 bridgehead atoms. The largest absolute Gasteiger partial charge is 0.481 e. The second-order valence-corrected chi connectivity index (χ2v) is 2.54. The van der Waals surface area contributed by atoms with Crippen LogP contribution in [0.4, 0.5) is 0 Å². The summed E-state index contributed by atoms with van der Waals surface area (Å²) in [5, 5.41) is 19.3. The van der Waals surface area contributed by atoms with Crippen LogP contribution in [0.25, 0.3) is 0 Å². The van der Waals surface area contributed by atoms with Gasteiger partial charge in [0.2, 0.25) is 0 Å². The van der Waals surface area contributed by atoms with Gasteiger partial charge in [0.1, 0.15) is 6.04 Å². The van der Waals surface area contributed by atoms with E-state index in [2.05, 4.69) is 17.9 Å². The summed E-state index contributed by atoms with van der Waals surface area (Å²) in [7, 11) is 0. The van der Waals surface area contributed by atoms with Crippen molar-refractivity contribution in [3.63, 3.8) is 0 Å². The van der Waals surface area contributed by atoms with E-state index >= 15 is 0 Å². The molecule has 0 saturated heterocycles. The molecule has 1 unspecified atom stereocenters. The lowest BCUT2D eigenvalue weighted by Gasteiger charge is -2.09. The van der Waals surface area contributed by atoms with Gasteiger partial charge in [0.25, 0.3) is 0 Å². The Balaban J connectivity index is 3.59. The minimum atomic E-state index is -1.02. The zero-order valence-electron chi connectivity index (χ0n) is 6.36. The molecule has 12 heavy (non-hydrogen) atoms. The van der Waals surface area contributed by atoms with Crippen LogP contribution >= 0.6 is 12.6 Å². The molecule has 70 valence electrons. The highest BCUT2D eigenvalue weighted by Gasteiger charge is 2.13. The quantitative estimate of drug-likeness (QED) is 0.424. The SMILES string of the molecule is O=C(O)CCNC(CS)C(=O)O. The molecule has 0 amide bonds. The van der Waals surface area contributed by atoms with Gasteiger partial charge in [-0.25, -0.2) is 0 Å². The van der Waals surface area contributed by atoms with Crippen molar-refractivity contribution >= 4 is 24.6 Å². The van der Waals surface area contributed by atoms with Crippen LogP contribution in [0.1, 0.15) is 6.42 Å². The minimum absolute atomic E-state index is 0.0858. The van der Waals surface area contributed by atoms with Crippen LogP contribution in [0.2, 0.25) is 0 Å². The lowest BCUT2D eigenvalue weighted by atomic mass is 10.3. The zero-order chi connectivity index (χ0) is 9.56. The van der Waals surface area contributed by atoms with Gasteiger partial charge < -0.3 is 15.5 Å². The molecule has 0 radical (unpaired) electrons. The Bertz CT molecular complexity index is 173. The second kappa shape index (κ2) is 5.84. The van der Waals surface area contributed by atoms with Gasteiger partial charge in [-0.2, -0.15) is 12.6 Å². The van der Waals surface area contributed by atoms with Gasteiger partial charge in [0.15, 0.2) is 0 Å². The van der Waals surface area contributed by atoms with E-state index in [0.717, 1.165) is 0 Å². The number of hydrogen-bond acceptors (Lipinski definition) is 4. The lowest BCUT2D eigenvalue weighted by molar-refractivity contribution is -0.140. The zero-order valence-corrected chi connectivity index (χ0v) is 7.25. The van der Waals surface area contributed by atoms with Gasteiger partial charge in [0.05, 0.1) is 6.42 Å². The standard InChI is InChI=1S/C6H11NO4S/c8-5(9)1-2-7-4(3-12)6(10)11/h4,7,12H,1-3H2,(H,8,9)(H,10,11). The Morgan fingerprint density at radius 2 is 2.00 bits per heavy atom. The summed E-state index contributed by atoms with van der Waals surface area (Å²) in [6, 6.07) is -0.771. The van der Waals surface area contributed by atoms with Crippen molar-refractivity contribution in [1.82, 2.24) is 5.32 Å². The Kier molecular flexibility index (Phi) is 5.48. The Morgan fingerprint density at radius 3 is 2.33 bits per heavy atom. The Hall–Kier alpha value is -0.750. The van der Waals surface area contributed by atoms with E-state index < -0.39 is 18.0 Å². The molecule has 5 nitrogen and oxygen atoms in total. The van der Waals surface area contributed by atoms with E-state index in [9.17, 15) is 9.59 Å². The molecule has 0 aliphatic heterocycles. The van der Waals surface area contributed by atoms with Crippen molar-refractivity contribution in [3.8, 4) is 0 Å². The summed E-state index contributed by atoms with van der Waals surface area (Å²) >= 11 is 3.79. The topological polar surface area (TPSA) is 86.6 Å². The van der Waals surface area contributed by atoms with Crippen LogP contribution in [0.5, 0.6) is 0 Å². The third-order valence-corrected chi connectivity index (χ3v) is 1.58. The van der Waals surface area contributed by atoms with E-state index in [0.29, 0.717) is 0 Å². The highest BCUT2D eigenvalue weighted by Crippen LogP contribution is 1.88.